The Bertz CT molecular complexity index is 1730. The minimum Gasteiger partial charge on any atom is -0.481 e. The van der Waals surface area contributed by atoms with Crippen LogP contribution >= 0.6 is 0 Å². The summed E-state index contributed by atoms with van der Waals surface area (Å²) < 4.78 is 35.6. The quantitative estimate of drug-likeness (QED) is 0.140. The summed E-state index contributed by atoms with van der Waals surface area (Å²) in [7, 11) is 4.52. The summed E-state index contributed by atoms with van der Waals surface area (Å²) in [5.74, 6) is -10.0. The number of carboxylic acid groups (broad SMARTS) is 1. The Balaban J connectivity index is 1.73. The predicted octanol–water partition coefficient (Wildman–Crippen LogP) is 5.05. The molecule has 0 radical (unpaired) electrons. The van der Waals surface area contributed by atoms with Crippen molar-refractivity contribution in [2.75, 3.05) is 27.9 Å². The summed E-state index contributed by atoms with van der Waals surface area (Å²) >= 11 is 0. The smallest absolute Gasteiger partial charge is 0.329 e. The van der Waals surface area contributed by atoms with Crippen molar-refractivity contribution in [3.63, 3.8) is 0 Å². The average molecular weight is 904 g/mol. The highest BCUT2D eigenvalue weighted by molar-refractivity contribution is 6.39. The molecule has 2 bridgehead atoms. The van der Waals surface area contributed by atoms with Gasteiger partial charge in [0, 0.05) is 52.0 Å². The zero-order valence-electron chi connectivity index (χ0n) is 39.0. The Kier molecular flexibility index (Phi) is 19.9. The van der Waals surface area contributed by atoms with Crippen LogP contribution in [0, 0.1) is 29.6 Å². The second-order valence-corrected chi connectivity index (χ2v) is 18.6. The van der Waals surface area contributed by atoms with Crippen LogP contribution in [0.1, 0.15) is 118 Å². The lowest BCUT2D eigenvalue weighted by atomic mass is 9.81. The molecule has 0 unspecified atom stereocenters. The standard InChI is InChI=1S/C48H73NO15/c1-10-13-33-21-27(2)20-28(3)22-39(60-8)44-40(61-9)24-30(5)48(58,64-44)45(55)46(56)49-19-12-11-14-34(49)47(57)63-43(31(6)35(50)26-36(33)51)29(4)23-32-15-16-37(38(25-32)59-7)62-42(54)18-17-41(52)53/h10,21,23,28,30-35,37-40,43-44,50,58H,1,11-20,22,24-26H2,2-9H3,(H,52,53)/b27-21+,29-23+/t28-,30+,31+,32-,33+,34-,35-,37+,38+,39-,40-,43+,44+,48+/m0/s1. The van der Waals surface area contributed by atoms with Crippen LogP contribution in [-0.2, 0) is 57.2 Å². The first kappa shape index (κ1) is 52.8. The van der Waals surface area contributed by atoms with Crippen molar-refractivity contribution in [1.82, 2.24) is 4.90 Å². The van der Waals surface area contributed by atoms with Crippen molar-refractivity contribution >= 4 is 35.4 Å². The zero-order chi connectivity index (χ0) is 47.5. The lowest BCUT2D eigenvalue weighted by Crippen LogP contribution is -2.64. The average Bonchev–Trinajstić information content (AvgIpc) is 3.26. The molecule has 0 aromatic rings. The number of carbonyl (C=O) groups is 6. The third kappa shape index (κ3) is 13.4. The van der Waals surface area contributed by atoms with E-state index in [0.29, 0.717) is 56.9 Å². The van der Waals surface area contributed by atoms with Crippen LogP contribution in [0.4, 0.5) is 0 Å². The van der Waals surface area contributed by atoms with Crippen LogP contribution < -0.4 is 0 Å². The molecule has 16 nitrogen and oxygen atoms in total. The normalized spacial score (nSPS) is 37.6. The van der Waals surface area contributed by atoms with Gasteiger partial charge in [-0.05, 0) is 95.5 Å². The number of aliphatic hydroxyl groups is 2. The van der Waals surface area contributed by atoms with Crippen LogP contribution in [0.15, 0.2) is 36.0 Å². The molecule has 2 saturated heterocycles. The number of allylic oxidation sites excluding steroid dienone is 4. The summed E-state index contributed by atoms with van der Waals surface area (Å²) in [5, 5.41) is 32.9. The van der Waals surface area contributed by atoms with E-state index in [9.17, 15) is 39.0 Å². The van der Waals surface area contributed by atoms with Gasteiger partial charge in [-0.25, -0.2) is 4.79 Å². The molecule has 4 aliphatic rings. The van der Waals surface area contributed by atoms with Crippen LogP contribution in [0.3, 0.4) is 0 Å². The highest BCUT2D eigenvalue weighted by atomic mass is 16.7. The minimum absolute atomic E-state index is 0.0212. The fourth-order valence-electron chi connectivity index (χ4n) is 9.98. The lowest BCUT2D eigenvalue weighted by Gasteiger charge is -2.47. The molecule has 1 aliphatic carbocycles. The SMILES string of the molecule is C=CC[C@@H]1/C=C(\C)C[C@H](C)C[C@H](OC)[C@H]2O[C@@](O)(C(=O)C(=O)N3CCCC[C@H]3C(=O)O[C@H](/C(C)=C/[C@@H]3CC[C@@H](OC(=O)CCC(=O)O)[C@H](OC)C3)[C@H](C)[C@@H](O)CC1=O)[C@H](C)C[C@@H]2OC. The van der Waals surface area contributed by atoms with Gasteiger partial charge < -0.3 is 48.6 Å². The van der Waals surface area contributed by atoms with Crippen LogP contribution in [0.25, 0.3) is 0 Å². The molecule has 3 heterocycles. The third-order valence-corrected chi connectivity index (χ3v) is 13.7. The van der Waals surface area contributed by atoms with E-state index < -0.39 is 102 Å². The topological polar surface area (TPSA) is 222 Å². The maximum atomic E-state index is 14.5. The monoisotopic (exact) mass is 903 g/mol. The van der Waals surface area contributed by atoms with E-state index in [1.807, 2.05) is 26.0 Å². The Labute approximate surface area is 378 Å². The Morgan fingerprint density at radius 2 is 1.59 bits per heavy atom. The van der Waals surface area contributed by atoms with Gasteiger partial charge >= 0.3 is 17.9 Å². The van der Waals surface area contributed by atoms with Gasteiger partial charge in [-0.1, -0.05) is 44.6 Å². The first-order valence-corrected chi connectivity index (χ1v) is 22.9. The number of methoxy groups -OCH3 is 3. The number of amides is 1. The molecule has 1 saturated carbocycles. The number of hydrogen-bond donors (Lipinski definition) is 3. The molecule has 0 spiro atoms. The van der Waals surface area contributed by atoms with Gasteiger partial charge in [0.15, 0.2) is 0 Å². The molecule has 3 aliphatic heterocycles. The number of ether oxygens (including phenoxy) is 6. The molecule has 3 fully saturated rings. The van der Waals surface area contributed by atoms with Crippen LogP contribution in [-0.4, -0.2) is 138 Å². The number of fused-ring (bicyclic) bond motifs is 3. The third-order valence-electron chi connectivity index (χ3n) is 13.7. The number of carbonyl (C=O) groups excluding carboxylic acids is 5. The van der Waals surface area contributed by atoms with Crippen molar-refractivity contribution < 1.29 is 72.5 Å². The number of esters is 2. The van der Waals surface area contributed by atoms with Gasteiger partial charge in [-0.15, -0.1) is 6.58 Å². The maximum Gasteiger partial charge on any atom is 0.329 e. The van der Waals surface area contributed by atoms with E-state index in [4.69, 9.17) is 33.5 Å². The molecule has 4 rings (SSSR count). The van der Waals surface area contributed by atoms with Crippen molar-refractivity contribution in [1.29, 1.82) is 0 Å². The number of Topliss-reactive ketones (excluding diaryl/α,β-unsaturated/α-hetero) is 2. The number of aliphatic hydroxyl groups excluding tert-OH is 1. The van der Waals surface area contributed by atoms with E-state index in [0.717, 1.165) is 10.5 Å². The second-order valence-electron chi connectivity index (χ2n) is 18.6. The maximum absolute atomic E-state index is 14.5. The van der Waals surface area contributed by atoms with Gasteiger partial charge in [0.25, 0.3) is 11.7 Å². The highest BCUT2D eigenvalue weighted by Crippen LogP contribution is 2.39. The molecular weight excluding hydrogens is 831 g/mol. The molecule has 14 atom stereocenters. The summed E-state index contributed by atoms with van der Waals surface area (Å²) in [5.41, 5.74) is 1.50. The molecule has 0 aromatic carbocycles. The zero-order valence-corrected chi connectivity index (χ0v) is 39.0. The van der Waals surface area contributed by atoms with E-state index in [1.54, 1.807) is 26.8 Å². The van der Waals surface area contributed by atoms with Crippen molar-refractivity contribution in [2.24, 2.45) is 29.6 Å². The molecule has 3 N–H and O–H groups in total. The Morgan fingerprint density at radius 3 is 2.23 bits per heavy atom. The van der Waals surface area contributed by atoms with E-state index in [-0.39, 0.29) is 56.3 Å². The lowest BCUT2D eigenvalue weighted by molar-refractivity contribution is -0.302. The number of piperidine rings is 1. The number of carboxylic acids is 1. The molecule has 64 heavy (non-hydrogen) atoms. The van der Waals surface area contributed by atoms with E-state index in [2.05, 4.69) is 6.58 Å². The number of cyclic esters (lactones) is 1. The predicted molar refractivity (Wildman–Crippen MR) is 233 cm³/mol. The van der Waals surface area contributed by atoms with Crippen LogP contribution in [0.5, 0.6) is 0 Å². The van der Waals surface area contributed by atoms with Crippen molar-refractivity contribution in [3.05, 3.63) is 36.0 Å². The van der Waals surface area contributed by atoms with Gasteiger partial charge in [0.2, 0.25) is 5.79 Å². The summed E-state index contributed by atoms with van der Waals surface area (Å²) in [6.07, 6.45) is 3.14. The number of nitrogens with zero attached hydrogens (tertiary/aromatic N) is 1. The molecular formula is C48H73NO15. The molecule has 1 amide bonds. The number of hydrogen-bond acceptors (Lipinski definition) is 14. The Hall–Kier alpha value is -3.80. The number of ketones is 2. The van der Waals surface area contributed by atoms with Crippen molar-refractivity contribution in [3.8, 4) is 0 Å². The van der Waals surface area contributed by atoms with Gasteiger partial charge in [-0.2, -0.15) is 0 Å². The summed E-state index contributed by atoms with van der Waals surface area (Å²) in [6, 6.07) is -1.20. The molecule has 16 heteroatoms. The number of aliphatic carboxylic acids is 1. The molecule has 0 aromatic heterocycles. The van der Waals surface area contributed by atoms with Gasteiger partial charge in [0.05, 0.1) is 37.3 Å². The highest BCUT2D eigenvalue weighted by Gasteiger charge is 2.56. The molecule has 360 valence electrons. The summed E-state index contributed by atoms with van der Waals surface area (Å²) in [4.78, 5) is 81.6. The van der Waals surface area contributed by atoms with Crippen LogP contribution in [0.2, 0.25) is 0 Å². The Morgan fingerprint density at radius 1 is 0.922 bits per heavy atom. The fraction of sp³-hybridized carbons (Fsp3) is 0.750. The second kappa shape index (κ2) is 24.1. The minimum atomic E-state index is -2.55. The van der Waals surface area contributed by atoms with Gasteiger partial charge in [0.1, 0.15) is 30.1 Å². The first-order chi connectivity index (χ1) is 30.3. The first-order valence-electron chi connectivity index (χ1n) is 22.9. The van der Waals surface area contributed by atoms with Gasteiger partial charge in [-0.3, -0.25) is 24.0 Å². The number of rotatable bonds is 11. The summed E-state index contributed by atoms with van der Waals surface area (Å²) in [6.45, 7) is 12.9. The largest absolute Gasteiger partial charge is 0.481 e. The van der Waals surface area contributed by atoms with Crippen molar-refractivity contribution in [2.45, 2.75) is 173 Å². The fourth-order valence-corrected chi connectivity index (χ4v) is 9.98. The van der Waals surface area contributed by atoms with E-state index >= 15 is 0 Å². The van der Waals surface area contributed by atoms with E-state index in [1.165, 1.54) is 21.3 Å².